The molecule has 132 valence electrons. The van der Waals surface area contributed by atoms with E-state index in [1.807, 2.05) is 24.3 Å². The molecule has 25 heavy (non-hydrogen) atoms. The van der Waals surface area contributed by atoms with E-state index in [0.29, 0.717) is 0 Å². The molecular weight excluding hydrogens is 321 g/mol. The summed E-state index contributed by atoms with van der Waals surface area (Å²) in [5.41, 5.74) is 3.63. The topological polar surface area (TPSA) is 58.6 Å². The predicted molar refractivity (Wildman–Crippen MR) is 94.4 cm³/mol. The van der Waals surface area contributed by atoms with Crippen LogP contribution in [-0.4, -0.2) is 18.3 Å². The Labute approximate surface area is 146 Å². The first-order valence-electron chi connectivity index (χ1n) is 8.28. The molecule has 1 aliphatic carbocycles. The molecular formula is C20H22FNO3. The van der Waals surface area contributed by atoms with Gasteiger partial charge in [0.15, 0.2) is 11.6 Å². The molecule has 0 bridgehead atoms. The standard InChI is InChI=1S/C20H22FNO3/c1-20(2)9-8-14-10-12(4-6-15(14)18(20)22-19(23)24)13-5-7-17(25-3)16(21)11-13/h4-7,10-11,18,22H,8-9H2,1-3H3,(H,23,24)/t18-/m1/s1. The normalized spacial score (nSPS) is 18.3. The van der Waals surface area contributed by atoms with Crippen LogP contribution < -0.4 is 10.1 Å². The summed E-state index contributed by atoms with van der Waals surface area (Å²) in [5.74, 6) is -0.182. The monoisotopic (exact) mass is 343 g/mol. The summed E-state index contributed by atoms with van der Waals surface area (Å²) in [7, 11) is 1.44. The number of amides is 1. The van der Waals surface area contributed by atoms with Crippen molar-refractivity contribution >= 4 is 6.09 Å². The summed E-state index contributed by atoms with van der Waals surface area (Å²) in [4.78, 5) is 11.2. The van der Waals surface area contributed by atoms with Gasteiger partial charge in [-0.1, -0.05) is 38.1 Å². The molecule has 1 aliphatic rings. The Balaban J connectivity index is 2.00. The van der Waals surface area contributed by atoms with Crippen molar-refractivity contribution in [3.63, 3.8) is 0 Å². The highest BCUT2D eigenvalue weighted by atomic mass is 19.1. The van der Waals surface area contributed by atoms with Gasteiger partial charge in [0.25, 0.3) is 0 Å². The van der Waals surface area contributed by atoms with Crippen LogP contribution >= 0.6 is 0 Å². The highest BCUT2D eigenvalue weighted by Gasteiger charge is 2.37. The van der Waals surface area contributed by atoms with E-state index in [1.165, 1.54) is 13.2 Å². The number of aryl methyl sites for hydroxylation is 1. The maximum Gasteiger partial charge on any atom is 0.405 e. The van der Waals surface area contributed by atoms with Crippen LogP contribution in [0.15, 0.2) is 36.4 Å². The van der Waals surface area contributed by atoms with Gasteiger partial charge in [0.05, 0.1) is 13.2 Å². The van der Waals surface area contributed by atoms with E-state index in [2.05, 4.69) is 19.2 Å². The van der Waals surface area contributed by atoms with Crippen LogP contribution in [0.3, 0.4) is 0 Å². The first-order chi connectivity index (χ1) is 11.8. The lowest BCUT2D eigenvalue weighted by Crippen LogP contribution is -2.40. The SMILES string of the molecule is COc1ccc(-c2ccc3c(c2)CCC(C)(C)[C@@H]3NC(=O)O)cc1F. The molecule has 0 saturated carbocycles. The third-order valence-corrected chi connectivity index (χ3v) is 5.03. The number of carboxylic acid groups (broad SMARTS) is 1. The second-order valence-corrected chi connectivity index (χ2v) is 7.13. The van der Waals surface area contributed by atoms with Gasteiger partial charge in [0.1, 0.15) is 0 Å². The fourth-order valence-corrected chi connectivity index (χ4v) is 3.55. The number of hydrogen-bond donors (Lipinski definition) is 2. The summed E-state index contributed by atoms with van der Waals surface area (Å²) in [6, 6.07) is 10.5. The van der Waals surface area contributed by atoms with Gasteiger partial charge >= 0.3 is 6.09 Å². The lowest BCUT2D eigenvalue weighted by atomic mass is 9.70. The molecule has 1 amide bonds. The molecule has 0 aromatic heterocycles. The van der Waals surface area contributed by atoms with E-state index in [-0.39, 0.29) is 17.2 Å². The minimum atomic E-state index is -1.02. The zero-order valence-corrected chi connectivity index (χ0v) is 14.6. The van der Waals surface area contributed by atoms with Crippen molar-refractivity contribution in [2.75, 3.05) is 7.11 Å². The van der Waals surface area contributed by atoms with E-state index in [4.69, 9.17) is 4.74 Å². The van der Waals surface area contributed by atoms with Crippen LogP contribution in [0.4, 0.5) is 9.18 Å². The Hall–Kier alpha value is -2.56. The number of fused-ring (bicyclic) bond motifs is 1. The van der Waals surface area contributed by atoms with Crippen LogP contribution in [0.2, 0.25) is 0 Å². The molecule has 2 aromatic rings. The fraction of sp³-hybridized carbons (Fsp3) is 0.350. The van der Waals surface area contributed by atoms with Crippen LogP contribution in [0, 0.1) is 11.2 Å². The zero-order chi connectivity index (χ0) is 18.2. The van der Waals surface area contributed by atoms with Gasteiger partial charge in [-0.2, -0.15) is 0 Å². The minimum Gasteiger partial charge on any atom is -0.494 e. The van der Waals surface area contributed by atoms with Crippen molar-refractivity contribution in [2.24, 2.45) is 5.41 Å². The molecule has 0 unspecified atom stereocenters. The van der Waals surface area contributed by atoms with Gasteiger partial charge in [-0.3, -0.25) is 0 Å². The largest absolute Gasteiger partial charge is 0.494 e. The second-order valence-electron chi connectivity index (χ2n) is 7.13. The van der Waals surface area contributed by atoms with E-state index in [1.54, 1.807) is 6.07 Å². The van der Waals surface area contributed by atoms with E-state index < -0.39 is 11.9 Å². The van der Waals surface area contributed by atoms with Crippen molar-refractivity contribution in [2.45, 2.75) is 32.7 Å². The van der Waals surface area contributed by atoms with Gasteiger partial charge in [-0.25, -0.2) is 9.18 Å². The maximum absolute atomic E-state index is 14.0. The van der Waals surface area contributed by atoms with E-state index >= 15 is 0 Å². The number of hydrogen-bond acceptors (Lipinski definition) is 2. The smallest absolute Gasteiger partial charge is 0.405 e. The average Bonchev–Trinajstić information content (AvgIpc) is 2.57. The number of benzene rings is 2. The lowest BCUT2D eigenvalue weighted by molar-refractivity contribution is 0.161. The van der Waals surface area contributed by atoms with Crippen LogP contribution in [0.25, 0.3) is 11.1 Å². The van der Waals surface area contributed by atoms with Crippen LogP contribution in [0.5, 0.6) is 5.75 Å². The third kappa shape index (κ3) is 3.31. The number of methoxy groups -OCH3 is 1. The quantitative estimate of drug-likeness (QED) is 0.843. The van der Waals surface area contributed by atoms with Gasteiger partial charge in [0.2, 0.25) is 0 Å². The lowest BCUT2D eigenvalue weighted by Gasteiger charge is -2.40. The first kappa shape index (κ1) is 17.3. The minimum absolute atomic E-state index is 0.154. The Morgan fingerprint density at radius 2 is 1.92 bits per heavy atom. The number of halogens is 1. The number of rotatable bonds is 3. The van der Waals surface area contributed by atoms with Crippen molar-refractivity contribution in [1.29, 1.82) is 0 Å². The molecule has 1 atom stereocenters. The Morgan fingerprint density at radius 1 is 1.24 bits per heavy atom. The van der Waals surface area contributed by atoms with Gasteiger partial charge in [-0.05, 0) is 52.6 Å². The molecule has 2 aromatic carbocycles. The highest BCUT2D eigenvalue weighted by Crippen LogP contribution is 2.44. The summed E-state index contributed by atoms with van der Waals surface area (Å²) in [5, 5.41) is 11.8. The van der Waals surface area contributed by atoms with Gasteiger partial charge in [-0.15, -0.1) is 0 Å². The average molecular weight is 343 g/mol. The fourth-order valence-electron chi connectivity index (χ4n) is 3.55. The molecule has 0 aliphatic heterocycles. The van der Waals surface area contributed by atoms with E-state index in [0.717, 1.165) is 35.1 Å². The van der Waals surface area contributed by atoms with E-state index in [9.17, 15) is 14.3 Å². The molecule has 5 heteroatoms. The summed E-state index contributed by atoms with van der Waals surface area (Å²) >= 11 is 0. The molecule has 0 fully saturated rings. The van der Waals surface area contributed by atoms with Gasteiger partial charge < -0.3 is 15.2 Å². The van der Waals surface area contributed by atoms with Gasteiger partial charge in [0, 0.05) is 0 Å². The second kappa shape index (κ2) is 6.39. The summed E-state index contributed by atoms with van der Waals surface area (Å²) in [6.45, 7) is 4.15. The molecule has 0 heterocycles. The number of nitrogens with one attached hydrogen (secondary N) is 1. The highest BCUT2D eigenvalue weighted by molar-refractivity contribution is 5.68. The molecule has 0 spiro atoms. The Morgan fingerprint density at radius 3 is 2.56 bits per heavy atom. The van der Waals surface area contributed by atoms with Crippen molar-refractivity contribution < 1.29 is 19.0 Å². The molecule has 3 rings (SSSR count). The zero-order valence-electron chi connectivity index (χ0n) is 14.6. The molecule has 4 nitrogen and oxygen atoms in total. The Bertz CT molecular complexity index is 817. The molecule has 0 saturated heterocycles. The van der Waals surface area contributed by atoms with Crippen LogP contribution in [0.1, 0.15) is 37.4 Å². The van der Waals surface area contributed by atoms with Crippen molar-refractivity contribution in [1.82, 2.24) is 5.32 Å². The molecule has 2 N–H and O–H groups in total. The maximum atomic E-state index is 14.0. The van der Waals surface area contributed by atoms with Crippen molar-refractivity contribution in [3.8, 4) is 16.9 Å². The molecule has 0 radical (unpaired) electrons. The number of ether oxygens (including phenoxy) is 1. The third-order valence-electron chi connectivity index (χ3n) is 5.03. The first-order valence-corrected chi connectivity index (χ1v) is 8.28. The summed E-state index contributed by atoms with van der Waals surface area (Å²) in [6.07, 6.45) is 0.727. The van der Waals surface area contributed by atoms with Crippen molar-refractivity contribution in [3.05, 3.63) is 53.3 Å². The predicted octanol–water partition coefficient (Wildman–Crippen LogP) is 4.78. The number of carbonyl (C=O) groups is 1. The van der Waals surface area contributed by atoms with Crippen LogP contribution in [-0.2, 0) is 6.42 Å². The Kier molecular flexibility index (Phi) is 4.41. The summed E-state index contributed by atoms with van der Waals surface area (Å²) < 4.78 is 18.9.